The van der Waals surface area contributed by atoms with Crippen molar-refractivity contribution in [1.82, 2.24) is 5.32 Å². The van der Waals surface area contributed by atoms with E-state index in [0.717, 1.165) is 6.54 Å². The number of benzene rings is 1. The third-order valence-corrected chi connectivity index (χ3v) is 4.05. The molecule has 2 rings (SSSR count). The third kappa shape index (κ3) is 3.10. The summed E-state index contributed by atoms with van der Waals surface area (Å²) < 4.78 is 0. The summed E-state index contributed by atoms with van der Waals surface area (Å²) in [5.74, 6) is 0. The quantitative estimate of drug-likeness (QED) is 0.829. The number of hydrogen-bond donors (Lipinski definition) is 1. The summed E-state index contributed by atoms with van der Waals surface area (Å²) in [6, 6.07) is 11.7. The Morgan fingerprint density at radius 1 is 1.06 bits per heavy atom. The van der Waals surface area contributed by atoms with Crippen LogP contribution < -0.4 is 5.32 Å². The second-order valence-electron chi connectivity index (χ2n) is 5.74. The van der Waals surface area contributed by atoms with Gasteiger partial charge in [0.1, 0.15) is 0 Å². The summed E-state index contributed by atoms with van der Waals surface area (Å²) in [4.78, 5) is 0. The van der Waals surface area contributed by atoms with Crippen molar-refractivity contribution in [2.75, 3.05) is 6.54 Å². The minimum atomic E-state index is 0.393. The first-order valence-electron chi connectivity index (χ1n) is 7.02. The van der Waals surface area contributed by atoms with Gasteiger partial charge in [0, 0.05) is 18.0 Å². The van der Waals surface area contributed by atoms with Crippen LogP contribution in [0.2, 0.25) is 0 Å². The maximum Gasteiger partial charge on any atom is 0.00778 e. The maximum absolute atomic E-state index is 3.65. The molecule has 1 N–H and O–H groups in total. The molecule has 1 nitrogen and oxygen atoms in total. The van der Waals surface area contributed by atoms with Gasteiger partial charge in [-0.3, -0.25) is 0 Å². The smallest absolute Gasteiger partial charge is 0.00778 e. The lowest BCUT2D eigenvalue weighted by molar-refractivity contribution is 0.273. The van der Waals surface area contributed by atoms with Crippen molar-refractivity contribution in [3.8, 4) is 0 Å². The highest BCUT2D eigenvalue weighted by Crippen LogP contribution is 2.38. The second-order valence-corrected chi connectivity index (χ2v) is 5.74. The molecule has 1 fully saturated rings. The van der Waals surface area contributed by atoms with Crippen molar-refractivity contribution >= 4 is 0 Å². The molecule has 94 valence electrons. The summed E-state index contributed by atoms with van der Waals surface area (Å²) in [6.45, 7) is 5.61. The molecule has 1 aliphatic rings. The molecule has 0 atom stereocenters. The van der Waals surface area contributed by atoms with E-state index in [1.54, 1.807) is 0 Å². The van der Waals surface area contributed by atoms with E-state index in [9.17, 15) is 0 Å². The Kier molecular flexibility index (Phi) is 4.22. The summed E-state index contributed by atoms with van der Waals surface area (Å²) in [5.41, 5.74) is 1.93. The van der Waals surface area contributed by atoms with Crippen LogP contribution in [0.4, 0.5) is 0 Å². The Bertz CT molecular complexity index is 323. The predicted molar refractivity (Wildman–Crippen MR) is 74.3 cm³/mol. The Morgan fingerprint density at radius 2 is 1.71 bits per heavy atom. The van der Waals surface area contributed by atoms with E-state index in [-0.39, 0.29) is 0 Å². The van der Waals surface area contributed by atoms with Crippen LogP contribution in [0, 0.1) is 0 Å². The number of rotatable bonds is 4. The summed E-state index contributed by atoms with van der Waals surface area (Å²) in [7, 11) is 0. The first-order valence-corrected chi connectivity index (χ1v) is 7.02. The molecule has 1 aromatic rings. The highest BCUT2D eigenvalue weighted by molar-refractivity contribution is 5.26. The van der Waals surface area contributed by atoms with Gasteiger partial charge < -0.3 is 5.32 Å². The summed E-state index contributed by atoms with van der Waals surface area (Å²) >= 11 is 0. The summed E-state index contributed by atoms with van der Waals surface area (Å²) in [5, 5.41) is 3.65. The van der Waals surface area contributed by atoms with Gasteiger partial charge in [-0.2, -0.15) is 0 Å². The molecule has 17 heavy (non-hydrogen) atoms. The van der Waals surface area contributed by atoms with Crippen molar-refractivity contribution in [3.63, 3.8) is 0 Å². The van der Waals surface area contributed by atoms with Gasteiger partial charge in [0.2, 0.25) is 0 Å². The molecule has 0 amide bonds. The van der Waals surface area contributed by atoms with Crippen LogP contribution in [0.5, 0.6) is 0 Å². The molecule has 0 bridgehead atoms. The fourth-order valence-corrected chi connectivity index (χ4v) is 2.99. The van der Waals surface area contributed by atoms with Gasteiger partial charge in [-0.25, -0.2) is 0 Å². The lowest BCUT2D eigenvalue weighted by Gasteiger charge is -2.39. The third-order valence-electron chi connectivity index (χ3n) is 4.05. The molecule has 0 aliphatic heterocycles. The molecule has 1 saturated carbocycles. The molecule has 1 heteroatoms. The van der Waals surface area contributed by atoms with Crippen LogP contribution >= 0.6 is 0 Å². The zero-order chi connectivity index (χ0) is 12.1. The topological polar surface area (TPSA) is 12.0 Å². The molecule has 0 aromatic heterocycles. The molecular formula is C16H25N. The van der Waals surface area contributed by atoms with E-state index in [0.29, 0.717) is 11.5 Å². The molecule has 1 aromatic carbocycles. The van der Waals surface area contributed by atoms with E-state index in [4.69, 9.17) is 0 Å². The first-order chi connectivity index (χ1) is 8.23. The van der Waals surface area contributed by atoms with Gasteiger partial charge in [0.25, 0.3) is 0 Å². The maximum atomic E-state index is 3.65. The lowest BCUT2D eigenvalue weighted by Crippen LogP contribution is -2.42. The predicted octanol–water partition coefficient (Wildman–Crippen LogP) is 3.89. The molecular weight excluding hydrogens is 206 g/mol. The standard InChI is InChI=1S/C16H25N/c1-14(2)17-13-16(11-7-4-8-12-16)15-9-5-3-6-10-15/h3,5-6,9-10,14,17H,4,7-8,11-13H2,1-2H3. The van der Waals surface area contributed by atoms with Crippen molar-refractivity contribution in [2.24, 2.45) is 0 Å². The first kappa shape index (κ1) is 12.6. The Balaban J connectivity index is 2.17. The highest BCUT2D eigenvalue weighted by atomic mass is 14.9. The molecule has 0 spiro atoms. The highest BCUT2D eigenvalue weighted by Gasteiger charge is 2.33. The number of nitrogens with one attached hydrogen (secondary N) is 1. The fourth-order valence-electron chi connectivity index (χ4n) is 2.99. The van der Waals surface area contributed by atoms with E-state index < -0.39 is 0 Å². The molecule has 0 radical (unpaired) electrons. The Morgan fingerprint density at radius 3 is 2.29 bits per heavy atom. The van der Waals surface area contributed by atoms with Gasteiger partial charge >= 0.3 is 0 Å². The minimum absolute atomic E-state index is 0.393. The van der Waals surface area contributed by atoms with E-state index >= 15 is 0 Å². The summed E-state index contributed by atoms with van der Waals surface area (Å²) in [6.07, 6.45) is 6.87. The monoisotopic (exact) mass is 231 g/mol. The SMILES string of the molecule is CC(C)NCC1(c2ccccc2)CCCCC1. The minimum Gasteiger partial charge on any atom is -0.314 e. The van der Waals surface area contributed by atoms with Gasteiger partial charge in [-0.15, -0.1) is 0 Å². The van der Waals surface area contributed by atoms with Crippen molar-refractivity contribution in [2.45, 2.75) is 57.4 Å². The largest absolute Gasteiger partial charge is 0.314 e. The van der Waals surface area contributed by atoms with E-state index in [1.165, 1.54) is 37.7 Å². The van der Waals surface area contributed by atoms with Crippen LogP contribution in [-0.2, 0) is 5.41 Å². The Labute approximate surface area is 106 Å². The fraction of sp³-hybridized carbons (Fsp3) is 0.625. The van der Waals surface area contributed by atoms with E-state index in [2.05, 4.69) is 49.5 Å². The van der Waals surface area contributed by atoms with Crippen LogP contribution in [0.3, 0.4) is 0 Å². The van der Waals surface area contributed by atoms with Gasteiger partial charge in [-0.1, -0.05) is 63.4 Å². The number of hydrogen-bond acceptors (Lipinski definition) is 1. The Hall–Kier alpha value is -0.820. The van der Waals surface area contributed by atoms with Crippen molar-refractivity contribution < 1.29 is 0 Å². The van der Waals surface area contributed by atoms with Gasteiger partial charge in [0.15, 0.2) is 0 Å². The second kappa shape index (κ2) is 5.68. The average molecular weight is 231 g/mol. The molecule has 0 unspecified atom stereocenters. The van der Waals surface area contributed by atoms with Gasteiger partial charge in [-0.05, 0) is 18.4 Å². The van der Waals surface area contributed by atoms with Crippen LogP contribution in [0.1, 0.15) is 51.5 Å². The van der Waals surface area contributed by atoms with Crippen LogP contribution in [0.15, 0.2) is 30.3 Å². The molecule has 0 saturated heterocycles. The van der Waals surface area contributed by atoms with E-state index in [1.807, 2.05) is 0 Å². The zero-order valence-electron chi connectivity index (χ0n) is 11.2. The van der Waals surface area contributed by atoms with Crippen molar-refractivity contribution in [3.05, 3.63) is 35.9 Å². The van der Waals surface area contributed by atoms with Crippen LogP contribution in [0.25, 0.3) is 0 Å². The molecule has 0 heterocycles. The van der Waals surface area contributed by atoms with Gasteiger partial charge in [0.05, 0.1) is 0 Å². The zero-order valence-corrected chi connectivity index (χ0v) is 11.2. The average Bonchev–Trinajstić information content (AvgIpc) is 2.39. The lowest BCUT2D eigenvalue weighted by atomic mass is 9.69. The normalized spacial score (nSPS) is 19.5. The van der Waals surface area contributed by atoms with Crippen molar-refractivity contribution in [1.29, 1.82) is 0 Å². The van der Waals surface area contributed by atoms with Crippen LogP contribution in [-0.4, -0.2) is 12.6 Å². The molecule has 1 aliphatic carbocycles.